The van der Waals surface area contributed by atoms with Crippen molar-refractivity contribution in [1.82, 2.24) is 4.98 Å². The van der Waals surface area contributed by atoms with Gasteiger partial charge in [0.1, 0.15) is 5.75 Å². The zero-order valence-corrected chi connectivity index (χ0v) is 13.9. The van der Waals surface area contributed by atoms with Crippen LogP contribution in [0.15, 0.2) is 42.5 Å². The number of anilines is 1. The summed E-state index contributed by atoms with van der Waals surface area (Å²) < 4.78 is 6.58. The largest absolute Gasteiger partial charge is 0.484 e. The predicted octanol–water partition coefficient (Wildman–Crippen LogP) is 4.18. The molecule has 0 radical (unpaired) electrons. The molecule has 0 saturated heterocycles. The van der Waals surface area contributed by atoms with Crippen LogP contribution in [-0.4, -0.2) is 17.5 Å². The van der Waals surface area contributed by atoms with Gasteiger partial charge in [0.25, 0.3) is 5.91 Å². The zero-order valence-electron chi connectivity index (χ0n) is 13.1. The average molecular weight is 326 g/mol. The van der Waals surface area contributed by atoms with Gasteiger partial charge in [-0.15, -0.1) is 0 Å². The lowest BCUT2D eigenvalue weighted by Gasteiger charge is -2.06. The second-order valence-corrected chi connectivity index (χ2v) is 6.36. The molecule has 0 spiro atoms. The number of thiazole rings is 1. The van der Waals surface area contributed by atoms with Crippen LogP contribution < -0.4 is 10.1 Å². The van der Waals surface area contributed by atoms with E-state index in [1.807, 2.05) is 37.3 Å². The maximum Gasteiger partial charge on any atom is 0.264 e. The van der Waals surface area contributed by atoms with Crippen LogP contribution in [0, 0.1) is 6.92 Å². The third-order valence-electron chi connectivity index (χ3n) is 3.47. The van der Waals surface area contributed by atoms with Crippen molar-refractivity contribution >= 4 is 32.6 Å². The minimum absolute atomic E-state index is 0.0282. The Balaban J connectivity index is 1.63. The van der Waals surface area contributed by atoms with E-state index in [4.69, 9.17) is 4.74 Å². The lowest BCUT2D eigenvalue weighted by Crippen LogP contribution is -2.20. The number of amides is 1. The predicted molar refractivity (Wildman–Crippen MR) is 94.3 cm³/mol. The SMILES string of the molecule is CCc1ccc2nc(NC(=O)COc3cccc(C)c3)sc2c1. The molecule has 23 heavy (non-hydrogen) atoms. The Bertz CT molecular complexity index is 842. The summed E-state index contributed by atoms with van der Waals surface area (Å²) in [6.07, 6.45) is 0.986. The minimum atomic E-state index is -0.207. The van der Waals surface area contributed by atoms with Crippen LogP contribution in [0.1, 0.15) is 18.1 Å². The lowest BCUT2D eigenvalue weighted by molar-refractivity contribution is -0.118. The number of carbonyl (C=O) groups is 1. The number of benzene rings is 2. The van der Waals surface area contributed by atoms with E-state index in [-0.39, 0.29) is 12.5 Å². The molecule has 3 rings (SSSR count). The summed E-state index contributed by atoms with van der Waals surface area (Å²) in [5.41, 5.74) is 3.27. The Kier molecular flexibility index (Phi) is 4.57. The van der Waals surface area contributed by atoms with Crippen molar-refractivity contribution in [2.75, 3.05) is 11.9 Å². The van der Waals surface area contributed by atoms with Crippen molar-refractivity contribution < 1.29 is 9.53 Å². The summed E-state index contributed by atoms with van der Waals surface area (Å²) >= 11 is 1.48. The highest BCUT2D eigenvalue weighted by Crippen LogP contribution is 2.27. The number of ether oxygens (including phenoxy) is 1. The first-order valence-corrected chi connectivity index (χ1v) is 8.34. The van der Waals surface area contributed by atoms with Crippen molar-refractivity contribution in [2.45, 2.75) is 20.3 Å². The van der Waals surface area contributed by atoms with Crippen LogP contribution in [0.25, 0.3) is 10.2 Å². The first-order chi connectivity index (χ1) is 11.1. The van der Waals surface area contributed by atoms with Gasteiger partial charge in [0.05, 0.1) is 10.2 Å². The van der Waals surface area contributed by atoms with E-state index in [0.29, 0.717) is 10.9 Å². The number of nitrogens with zero attached hydrogens (tertiary/aromatic N) is 1. The van der Waals surface area contributed by atoms with Crippen molar-refractivity contribution in [2.24, 2.45) is 0 Å². The Morgan fingerprint density at radius 1 is 1.26 bits per heavy atom. The summed E-state index contributed by atoms with van der Waals surface area (Å²) in [4.78, 5) is 16.4. The van der Waals surface area contributed by atoms with Crippen LogP contribution in [-0.2, 0) is 11.2 Å². The second kappa shape index (κ2) is 6.79. The third kappa shape index (κ3) is 3.87. The molecule has 1 N–H and O–H groups in total. The van der Waals surface area contributed by atoms with E-state index in [2.05, 4.69) is 29.4 Å². The van der Waals surface area contributed by atoms with Gasteiger partial charge in [0.15, 0.2) is 11.7 Å². The molecule has 118 valence electrons. The highest BCUT2D eigenvalue weighted by Gasteiger charge is 2.09. The molecule has 0 bridgehead atoms. The first-order valence-electron chi connectivity index (χ1n) is 7.53. The number of fused-ring (bicyclic) bond motifs is 1. The number of nitrogens with one attached hydrogen (secondary N) is 1. The first kappa shape index (κ1) is 15.5. The number of hydrogen-bond acceptors (Lipinski definition) is 4. The Morgan fingerprint density at radius 2 is 2.13 bits per heavy atom. The normalized spacial score (nSPS) is 10.7. The zero-order chi connectivity index (χ0) is 16.2. The van der Waals surface area contributed by atoms with Gasteiger partial charge in [-0.2, -0.15) is 0 Å². The Morgan fingerprint density at radius 3 is 2.91 bits per heavy atom. The monoisotopic (exact) mass is 326 g/mol. The molecule has 5 heteroatoms. The molecule has 1 aromatic heterocycles. The van der Waals surface area contributed by atoms with Crippen LogP contribution in [0.2, 0.25) is 0 Å². The number of rotatable bonds is 5. The molecule has 0 atom stereocenters. The maximum absolute atomic E-state index is 12.0. The van der Waals surface area contributed by atoms with Crippen molar-refractivity contribution in [3.05, 3.63) is 53.6 Å². The van der Waals surface area contributed by atoms with Gasteiger partial charge in [0.2, 0.25) is 0 Å². The van der Waals surface area contributed by atoms with E-state index in [0.717, 1.165) is 22.2 Å². The van der Waals surface area contributed by atoms with E-state index in [1.165, 1.54) is 16.9 Å². The smallest absolute Gasteiger partial charge is 0.264 e. The topological polar surface area (TPSA) is 51.2 Å². The minimum Gasteiger partial charge on any atom is -0.484 e. The van der Waals surface area contributed by atoms with E-state index >= 15 is 0 Å². The highest BCUT2D eigenvalue weighted by atomic mass is 32.1. The summed E-state index contributed by atoms with van der Waals surface area (Å²) in [6.45, 7) is 4.08. The van der Waals surface area contributed by atoms with Crippen molar-refractivity contribution in [3.8, 4) is 5.75 Å². The quantitative estimate of drug-likeness (QED) is 0.765. The molecule has 1 amide bonds. The van der Waals surface area contributed by atoms with Gasteiger partial charge >= 0.3 is 0 Å². The summed E-state index contributed by atoms with van der Waals surface area (Å²) in [7, 11) is 0. The molecule has 0 unspecified atom stereocenters. The number of aryl methyl sites for hydroxylation is 2. The summed E-state index contributed by atoms with van der Waals surface area (Å²) in [6, 6.07) is 13.8. The molecule has 0 aliphatic heterocycles. The number of hydrogen-bond donors (Lipinski definition) is 1. The molecular weight excluding hydrogens is 308 g/mol. The van der Waals surface area contributed by atoms with E-state index in [9.17, 15) is 4.79 Å². The Hall–Kier alpha value is -2.40. The summed E-state index contributed by atoms with van der Waals surface area (Å²) in [5.74, 6) is 0.485. The van der Waals surface area contributed by atoms with Crippen molar-refractivity contribution in [1.29, 1.82) is 0 Å². The molecule has 0 aliphatic carbocycles. The van der Waals surface area contributed by atoms with Gasteiger partial charge in [-0.05, 0) is 48.7 Å². The van der Waals surface area contributed by atoms with E-state index in [1.54, 1.807) is 0 Å². The van der Waals surface area contributed by atoms with Crippen LogP contribution >= 0.6 is 11.3 Å². The second-order valence-electron chi connectivity index (χ2n) is 5.33. The van der Waals surface area contributed by atoms with Crippen LogP contribution in [0.5, 0.6) is 5.75 Å². The molecule has 0 aliphatic rings. The number of carbonyl (C=O) groups excluding carboxylic acids is 1. The fraction of sp³-hybridized carbons (Fsp3) is 0.222. The number of aromatic nitrogens is 1. The fourth-order valence-electron chi connectivity index (χ4n) is 2.25. The molecule has 2 aromatic carbocycles. The maximum atomic E-state index is 12.0. The van der Waals surface area contributed by atoms with Crippen molar-refractivity contribution in [3.63, 3.8) is 0 Å². The van der Waals surface area contributed by atoms with Gasteiger partial charge in [-0.3, -0.25) is 10.1 Å². The molecule has 1 heterocycles. The highest BCUT2D eigenvalue weighted by molar-refractivity contribution is 7.22. The molecule has 0 fully saturated rings. The molecule has 3 aromatic rings. The van der Waals surface area contributed by atoms with Gasteiger partial charge < -0.3 is 4.74 Å². The Labute approximate surface area is 139 Å². The fourth-order valence-corrected chi connectivity index (χ4v) is 3.20. The molecule has 0 saturated carbocycles. The third-order valence-corrected chi connectivity index (χ3v) is 4.40. The standard InChI is InChI=1S/C18H18N2O2S/c1-3-13-7-8-15-16(10-13)23-18(19-15)20-17(21)11-22-14-6-4-5-12(2)9-14/h4-10H,3,11H2,1-2H3,(H,19,20,21). The van der Waals surface area contributed by atoms with Gasteiger partial charge in [-0.1, -0.05) is 36.5 Å². The molecular formula is C18H18N2O2S. The van der Waals surface area contributed by atoms with E-state index < -0.39 is 0 Å². The van der Waals surface area contributed by atoms with Gasteiger partial charge in [0, 0.05) is 0 Å². The van der Waals surface area contributed by atoms with Gasteiger partial charge in [-0.25, -0.2) is 4.98 Å². The molecule has 4 nitrogen and oxygen atoms in total. The summed E-state index contributed by atoms with van der Waals surface area (Å²) in [5, 5.41) is 3.40. The van der Waals surface area contributed by atoms with Crippen LogP contribution in [0.3, 0.4) is 0 Å². The average Bonchev–Trinajstić information content (AvgIpc) is 2.94. The van der Waals surface area contributed by atoms with Crippen LogP contribution in [0.4, 0.5) is 5.13 Å². The lowest BCUT2D eigenvalue weighted by atomic mass is 10.2.